The summed E-state index contributed by atoms with van der Waals surface area (Å²) >= 11 is 0. The van der Waals surface area contributed by atoms with Gasteiger partial charge in [0.05, 0.1) is 19.1 Å². The maximum Gasteiger partial charge on any atom is 0.315 e. The lowest BCUT2D eigenvalue weighted by atomic mass is 10.1. The number of hydrogen-bond acceptors (Lipinski definition) is 4. The van der Waals surface area contributed by atoms with Gasteiger partial charge in [-0.25, -0.2) is 0 Å². The maximum absolute atomic E-state index is 11.9. The van der Waals surface area contributed by atoms with E-state index < -0.39 is 5.97 Å². The second-order valence-electron chi connectivity index (χ2n) is 4.07. The van der Waals surface area contributed by atoms with Gasteiger partial charge in [0.1, 0.15) is 17.6 Å². The van der Waals surface area contributed by atoms with Crippen molar-refractivity contribution >= 4 is 5.97 Å². The second-order valence-corrected chi connectivity index (χ2v) is 4.07. The van der Waals surface area contributed by atoms with E-state index in [0.29, 0.717) is 11.3 Å². The molecule has 0 aliphatic carbocycles. The van der Waals surface area contributed by atoms with Gasteiger partial charge < -0.3 is 9.47 Å². The third kappa shape index (κ3) is 3.15. The van der Waals surface area contributed by atoms with Crippen molar-refractivity contribution in [2.45, 2.75) is 6.42 Å². The molecule has 0 amide bonds. The zero-order chi connectivity index (χ0) is 14.4. The number of benzene rings is 2. The normalized spacial score (nSPS) is 9.60. The van der Waals surface area contributed by atoms with Gasteiger partial charge in [-0.15, -0.1) is 0 Å². The molecule has 0 aliphatic rings. The molecule has 0 unspecified atom stereocenters. The molecule has 0 aliphatic heterocycles. The van der Waals surface area contributed by atoms with E-state index in [1.807, 2.05) is 18.2 Å². The van der Waals surface area contributed by atoms with Crippen molar-refractivity contribution in [1.82, 2.24) is 0 Å². The highest BCUT2D eigenvalue weighted by molar-refractivity contribution is 5.76. The Balaban J connectivity index is 2.12. The van der Waals surface area contributed by atoms with Gasteiger partial charge in [0.2, 0.25) is 0 Å². The van der Waals surface area contributed by atoms with Crippen LogP contribution in [0.25, 0.3) is 0 Å². The molecule has 0 atom stereocenters. The number of nitriles is 1. The third-order valence-electron chi connectivity index (χ3n) is 2.76. The summed E-state index contributed by atoms with van der Waals surface area (Å²) in [6, 6.07) is 15.9. The summed E-state index contributed by atoms with van der Waals surface area (Å²) in [6.07, 6.45) is 0.0871. The number of carbonyl (C=O) groups excluding carboxylic acids is 1. The van der Waals surface area contributed by atoms with Gasteiger partial charge in [-0.1, -0.05) is 30.3 Å². The highest BCUT2D eigenvalue weighted by Crippen LogP contribution is 2.20. The molecule has 0 N–H and O–H groups in total. The van der Waals surface area contributed by atoms with Gasteiger partial charge in [0, 0.05) is 5.56 Å². The molecule has 2 rings (SSSR count). The lowest BCUT2D eigenvalue weighted by molar-refractivity contribution is -0.133. The highest BCUT2D eigenvalue weighted by atomic mass is 16.5. The molecule has 100 valence electrons. The van der Waals surface area contributed by atoms with Crippen molar-refractivity contribution in [1.29, 1.82) is 5.26 Å². The van der Waals surface area contributed by atoms with Crippen molar-refractivity contribution in [3.05, 3.63) is 59.7 Å². The Morgan fingerprint density at radius 3 is 2.45 bits per heavy atom. The van der Waals surface area contributed by atoms with Crippen molar-refractivity contribution in [3.8, 4) is 17.6 Å². The van der Waals surface area contributed by atoms with Crippen LogP contribution in [0.2, 0.25) is 0 Å². The van der Waals surface area contributed by atoms with Gasteiger partial charge in [-0.2, -0.15) is 5.26 Å². The quantitative estimate of drug-likeness (QED) is 0.631. The Hall–Kier alpha value is -2.80. The lowest BCUT2D eigenvalue weighted by Gasteiger charge is -2.08. The average molecular weight is 267 g/mol. The monoisotopic (exact) mass is 267 g/mol. The van der Waals surface area contributed by atoms with E-state index in [2.05, 4.69) is 0 Å². The van der Waals surface area contributed by atoms with Crippen molar-refractivity contribution in [3.63, 3.8) is 0 Å². The van der Waals surface area contributed by atoms with Crippen LogP contribution < -0.4 is 9.47 Å². The fourth-order valence-corrected chi connectivity index (χ4v) is 1.81. The molecule has 2 aromatic rings. The van der Waals surface area contributed by atoms with Crippen LogP contribution in [0.15, 0.2) is 48.5 Å². The Morgan fingerprint density at radius 2 is 1.75 bits per heavy atom. The van der Waals surface area contributed by atoms with E-state index in [1.165, 1.54) is 0 Å². The van der Waals surface area contributed by atoms with E-state index in [1.54, 1.807) is 43.5 Å². The molecular weight excluding hydrogens is 254 g/mol. The van der Waals surface area contributed by atoms with Crippen molar-refractivity contribution in [2.24, 2.45) is 0 Å². The van der Waals surface area contributed by atoms with Crippen LogP contribution in [0.1, 0.15) is 11.1 Å². The zero-order valence-corrected chi connectivity index (χ0v) is 11.0. The van der Waals surface area contributed by atoms with Crippen LogP contribution in [0.5, 0.6) is 11.5 Å². The minimum absolute atomic E-state index is 0.0871. The Morgan fingerprint density at radius 1 is 1.10 bits per heavy atom. The molecule has 0 saturated carbocycles. The number of para-hydroxylation sites is 2. The van der Waals surface area contributed by atoms with Crippen molar-refractivity contribution < 1.29 is 14.3 Å². The molecule has 0 heterocycles. The summed E-state index contributed by atoms with van der Waals surface area (Å²) in [6.45, 7) is 0. The molecule has 0 saturated heterocycles. The summed E-state index contributed by atoms with van der Waals surface area (Å²) in [5.41, 5.74) is 1.08. The fourth-order valence-electron chi connectivity index (χ4n) is 1.81. The summed E-state index contributed by atoms with van der Waals surface area (Å²) in [4.78, 5) is 11.9. The van der Waals surface area contributed by atoms with E-state index >= 15 is 0 Å². The van der Waals surface area contributed by atoms with Crippen LogP contribution in [0.4, 0.5) is 0 Å². The minimum Gasteiger partial charge on any atom is -0.496 e. The Kier molecular flexibility index (Phi) is 4.35. The lowest BCUT2D eigenvalue weighted by Crippen LogP contribution is -2.12. The van der Waals surface area contributed by atoms with Crippen LogP contribution >= 0.6 is 0 Å². The molecule has 20 heavy (non-hydrogen) atoms. The standard InChI is InChI=1S/C16H13NO3/c1-19-14-8-4-2-6-12(14)10-16(18)20-15-9-5-3-7-13(15)11-17/h2-9H,10H2,1H3. The summed E-state index contributed by atoms with van der Waals surface area (Å²) in [7, 11) is 1.55. The molecule has 4 heteroatoms. The topological polar surface area (TPSA) is 59.3 Å². The van der Waals surface area contributed by atoms with Gasteiger partial charge >= 0.3 is 5.97 Å². The summed E-state index contributed by atoms with van der Waals surface area (Å²) in [5.74, 6) is 0.477. The largest absolute Gasteiger partial charge is 0.496 e. The van der Waals surface area contributed by atoms with E-state index in [4.69, 9.17) is 14.7 Å². The molecular formula is C16H13NO3. The number of nitrogens with zero attached hydrogens (tertiary/aromatic N) is 1. The van der Waals surface area contributed by atoms with Crippen LogP contribution in [-0.4, -0.2) is 13.1 Å². The summed E-state index contributed by atoms with van der Waals surface area (Å²) in [5, 5.41) is 8.94. The number of rotatable bonds is 4. The first-order valence-corrected chi connectivity index (χ1v) is 6.06. The van der Waals surface area contributed by atoms with Crippen LogP contribution in [0.3, 0.4) is 0 Å². The van der Waals surface area contributed by atoms with Gasteiger partial charge in [0.25, 0.3) is 0 Å². The van der Waals surface area contributed by atoms with Crippen molar-refractivity contribution in [2.75, 3.05) is 7.11 Å². The molecule has 0 fully saturated rings. The molecule has 0 radical (unpaired) electrons. The first-order valence-electron chi connectivity index (χ1n) is 6.06. The number of ether oxygens (including phenoxy) is 2. The first-order chi connectivity index (χ1) is 9.74. The Labute approximate surface area is 117 Å². The Bertz CT molecular complexity index is 659. The second kappa shape index (κ2) is 6.39. The smallest absolute Gasteiger partial charge is 0.315 e. The molecule has 0 spiro atoms. The zero-order valence-electron chi connectivity index (χ0n) is 11.0. The number of carbonyl (C=O) groups is 1. The number of methoxy groups -OCH3 is 1. The van der Waals surface area contributed by atoms with E-state index in [-0.39, 0.29) is 12.2 Å². The van der Waals surface area contributed by atoms with Gasteiger partial charge in [0.15, 0.2) is 0 Å². The van der Waals surface area contributed by atoms with E-state index in [9.17, 15) is 4.79 Å². The predicted octanol–water partition coefficient (Wildman–Crippen LogP) is 2.71. The van der Waals surface area contributed by atoms with Gasteiger partial charge in [-0.3, -0.25) is 4.79 Å². The highest BCUT2D eigenvalue weighted by Gasteiger charge is 2.12. The van der Waals surface area contributed by atoms with Crippen LogP contribution in [0, 0.1) is 11.3 Å². The third-order valence-corrected chi connectivity index (χ3v) is 2.76. The molecule has 4 nitrogen and oxygen atoms in total. The number of hydrogen-bond donors (Lipinski definition) is 0. The predicted molar refractivity (Wildman–Crippen MR) is 73.5 cm³/mol. The first kappa shape index (κ1) is 13.6. The van der Waals surface area contributed by atoms with Gasteiger partial charge in [-0.05, 0) is 18.2 Å². The fraction of sp³-hybridized carbons (Fsp3) is 0.125. The molecule has 0 bridgehead atoms. The van der Waals surface area contributed by atoms with E-state index in [0.717, 1.165) is 5.56 Å². The molecule has 2 aromatic carbocycles. The van der Waals surface area contributed by atoms with Crippen LogP contribution in [-0.2, 0) is 11.2 Å². The average Bonchev–Trinajstić information content (AvgIpc) is 2.48. The maximum atomic E-state index is 11.9. The SMILES string of the molecule is COc1ccccc1CC(=O)Oc1ccccc1C#N. The molecule has 0 aromatic heterocycles. The minimum atomic E-state index is -0.433. The summed E-state index contributed by atoms with van der Waals surface area (Å²) < 4.78 is 10.4. The number of esters is 1.